The summed E-state index contributed by atoms with van der Waals surface area (Å²) >= 11 is 2.71. The zero-order valence-electron chi connectivity index (χ0n) is 29.8. The van der Waals surface area contributed by atoms with Gasteiger partial charge in [0.1, 0.15) is 18.1 Å². The molecule has 268 valence electrons. The third-order valence-corrected chi connectivity index (χ3v) is 10.9. The Balaban J connectivity index is 1.34. The number of benzene rings is 4. The van der Waals surface area contributed by atoms with E-state index < -0.39 is 17.7 Å². The van der Waals surface area contributed by atoms with Crippen molar-refractivity contribution in [3.63, 3.8) is 0 Å². The van der Waals surface area contributed by atoms with Crippen molar-refractivity contribution in [2.75, 3.05) is 18.6 Å². The second-order valence-electron chi connectivity index (χ2n) is 13.0. The number of amides is 1. The van der Waals surface area contributed by atoms with E-state index in [1.54, 1.807) is 42.5 Å². The van der Waals surface area contributed by atoms with Gasteiger partial charge in [0, 0.05) is 11.3 Å². The average Bonchev–Trinajstić information content (AvgIpc) is 3.72. The van der Waals surface area contributed by atoms with Crippen molar-refractivity contribution in [2.24, 2.45) is 5.92 Å². The van der Waals surface area contributed by atoms with E-state index in [-0.39, 0.29) is 16.5 Å². The van der Waals surface area contributed by atoms with E-state index in [9.17, 15) is 14.7 Å². The van der Waals surface area contributed by atoms with Gasteiger partial charge in [-0.2, -0.15) is 0 Å². The number of hydrogen-bond acceptors (Lipinski definition) is 10. The lowest BCUT2D eigenvalue weighted by atomic mass is 9.95. The zero-order valence-corrected chi connectivity index (χ0v) is 31.4. The smallest absolute Gasteiger partial charge is 0.301 e. The number of ketones is 1. The van der Waals surface area contributed by atoms with Crippen molar-refractivity contribution in [1.29, 1.82) is 0 Å². The Morgan fingerprint density at radius 2 is 1.67 bits per heavy atom. The highest BCUT2D eigenvalue weighted by Gasteiger charge is 2.48. The van der Waals surface area contributed by atoms with Crippen molar-refractivity contribution < 1.29 is 28.9 Å². The third kappa shape index (κ3) is 8.32. The lowest BCUT2D eigenvalue weighted by molar-refractivity contribution is -0.132. The molecule has 0 radical (unpaired) electrons. The number of aryl methyl sites for hydroxylation is 2. The highest BCUT2D eigenvalue weighted by atomic mass is 32.2. The quantitative estimate of drug-likeness (QED) is 0.0393. The summed E-state index contributed by atoms with van der Waals surface area (Å²) in [7, 11) is 1.54. The van der Waals surface area contributed by atoms with Crippen molar-refractivity contribution >= 4 is 45.7 Å². The molecule has 6 rings (SSSR count). The van der Waals surface area contributed by atoms with E-state index in [1.807, 2.05) is 38.1 Å². The van der Waals surface area contributed by atoms with E-state index in [1.165, 1.54) is 40.7 Å². The highest BCUT2D eigenvalue weighted by Crippen LogP contribution is 2.46. The number of rotatable bonds is 14. The van der Waals surface area contributed by atoms with E-state index in [2.05, 4.69) is 48.3 Å². The van der Waals surface area contributed by atoms with Crippen LogP contribution < -0.4 is 19.1 Å². The maximum Gasteiger partial charge on any atom is 0.301 e. The Bertz CT molecular complexity index is 2080. The number of carbonyl (C=O) groups is 2. The number of carbonyl (C=O) groups excluding carboxylic acids is 2. The number of aromatic nitrogens is 2. The summed E-state index contributed by atoms with van der Waals surface area (Å²) in [6.45, 7) is 9.21. The molecule has 1 aromatic heterocycles. The van der Waals surface area contributed by atoms with Gasteiger partial charge in [0.2, 0.25) is 5.13 Å². The molecule has 11 heteroatoms. The van der Waals surface area contributed by atoms with Crippen LogP contribution in [0.1, 0.15) is 59.7 Å². The van der Waals surface area contributed by atoms with Gasteiger partial charge in [0.05, 0.1) is 25.3 Å². The predicted octanol–water partition coefficient (Wildman–Crippen LogP) is 9.09. The molecule has 1 saturated heterocycles. The summed E-state index contributed by atoms with van der Waals surface area (Å²) in [6, 6.07) is 27.3. The van der Waals surface area contributed by atoms with Gasteiger partial charge in [-0.3, -0.25) is 14.5 Å². The second-order valence-corrected chi connectivity index (χ2v) is 15.2. The predicted molar refractivity (Wildman–Crippen MR) is 205 cm³/mol. The second kappa shape index (κ2) is 16.5. The molecule has 5 aromatic rings. The van der Waals surface area contributed by atoms with Crippen LogP contribution in [0.25, 0.3) is 5.76 Å². The summed E-state index contributed by atoms with van der Waals surface area (Å²) in [4.78, 5) is 29.1. The molecule has 1 aliphatic heterocycles. The van der Waals surface area contributed by atoms with Crippen LogP contribution in [0.3, 0.4) is 0 Å². The minimum absolute atomic E-state index is 0.0711. The van der Waals surface area contributed by atoms with Gasteiger partial charge >= 0.3 is 5.91 Å². The Morgan fingerprint density at radius 1 is 0.923 bits per heavy atom. The third-order valence-electron chi connectivity index (χ3n) is 8.77. The van der Waals surface area contributed by atoms with Crippen LogP contribution in [-0.4, -0.2) is 40.7 Å². The van der Waals surface area contributed by atoms with E-state index in [0.717, 1.165) is 23.1 Å². The summed E-state index contributed by atoms with van der Waals surface area (Å²) < 4.78 is 18.4. The monoisotopic (exact) mass is 735 g/mol. The Kier molecular flexibility index (Phi) is 11.6. The van der Waals surface area contributed by atoms with Crippen LogP contribution in [0, 0.1) is 19.8 Å². The average molecular weight is 736 g/mol. The number of hydrogen-bond donors (Lipinski definition) is 1. The lowest BCUT2D eigenvalue weighted by Gasteiger charge is -2.23. The molecular weight excluding hydrogens is 695 g/mol. The fraction of sp³-hybridized carbons (Fsp3) is 0.268. The Hall–Kier alpha value is -5.13. The number of aliphatic hydroxyl groups is 1. The maximum absolute atomic E-state index is 13.9. The van der Waals surface area contributed by atoms with Crippen molar-refractivity contribution in [2.45, 2.75) is 56.9 Å². The molecule has 9 nitrogen and oxygen atoms in total. The van der Waals surface area contributed by atoms with Gasteiger partial charge < -0.3 is 19.3 Å². The topological polar surface area (TPSA) is 111 Å². The van der Waals surface area contributed by atoms with Crippen molar-refractivity contribution in [3.8, 4) is 17.2 Å². The van der Waals surface area contributed by atoms with Gasteiger partial charge in [0.25, 0.3) is 5.78 Å². The van der Waals surface area contributed by atoms with E-state index in [4.69, 9.17) is 14.2 Å². The molecule has 1 N–H and O–H groups in total. The van der Waals surface area contributed by atoms with Crippen LogP contribution in [0.15, 0.2) is 101 Å². The molecule has 0 bridgehead atoms. The van der Waals surface area contributed by atoms with Gasteiger partial charge in [-0.1, -0.05) is 97.1 Å². The first-order valence-corrected chi connectivity index (χ1v) is 18.8. The van der Waals surface area contributed by atoms with Gasteiger partial charge in [-0.25, -0.2) is 0 Å². The number of nitrogens with zero attached hydrogens (tertiary/aromatic N) is 3. The zero-order chi connectivity index (χ0) is 36.8. The van der Waals surface area contributed by atoms with Gasteiger partial charge in [0.15, 0.2) is 15.8 Å². The maximum atomic E-state index is 13.9. The standard InChI is InChI=1S/C41H41N3O6S2/c1-25(2)20-21-49-33-19-16-30(22-34(33)48-5)36-35(37(45)29-14-17-32(18-15-29)50-23-31-9-7-6-8-27(31)4)38(46)39(47)44(36)40-42-43-41(52-40)51-24-28-12-10-26(3)11-13-28/h6-19,22,25,36,45H,20-21,23-24H2,1-5H3. The van der Waals surface area contributed by atoms with E-state index in [0.29, 0.717) is 57.6 Å². The van der Waals surface area contributed by atoms with Gasteiger partial charge in [-0.15, -0.1) is 10.2 Å². The summed E-state index contributed by atoms with van der Waals surface area (Å²) in [5.41, 5.74) is 5.32. The summed E-state index contributed by atoms with van der Waals surface area (Å²) in [5, 5.41) is 20.7. The SMILES string of the molecule is COc1cc(C2C(=C(O)c3ccc(OCc4ccccc4C)cc3)C(=O)C(=O)N2c2nnc(SCc3ccc(C)cc3)s2)ccc1OCCC(C)C. The molecule has 1 atom stereocenters. The van der Waals surface area contributed by atoms with Crippen LogP contribution in [-0.2, 0) is 21.9 Å². The molecular formula is C41H41N3O6S2. The first-order valence-electron chi connectivity index (χ1n) is 17.0. The first kappa shape index (κ1) is 36.7. The Morgan fingerprint density at radius 3 is 2.38 bits per heavy atom. The highest BCUT2D eigenvalue weighted by molar-refractivity contribution is 8.00. The fourth-order valence-corrected chi connectivity index (χ4v) is 7.53. The normalized spacial score (nSPS) is 15.3. The molecule has 2 heterocycles. The summed E-state index contributed by atoms with van der Waals surface area (Å²) in [6.07, 6.45) is 0.863. The lowest BCUT2D eigenvalue weighted by Crippen LogP contribution is -2.29. The number of thioether (sulfide) groups is 1. The number of aliphatic hydroxyl groups excluding tert-OH is 1. The number of ether oxygens (including phenoxy) is 3. The molecule has 52 heavy (non-hydrogen) atoms. The molecule has 0 aliphatic carbocycles. The van der Waals surface area contributed by atoms with Crippen LogP contribution in [0.2, 0.25) is 0 Å². The van der Waals surface area contributed by atoms with Crippen molar-refractivity contribution in [1.82, 2.24) is 10.2 Å². The summed E-state index contributed by atoms with van der Waals surface area (Å²) in [5.74, 6) is 0.743. The van der Waals surface area contributed by atoms with Crippen LogP contribution in [0.5, 0.6) is 17.2 Å². The number of Topliss-reactive ketones (excluding diaryl/α,β-unsaturated/α-hetero) is 1. The Labute approximate surface area is 312 Å². The first-order chi connectivity index (χ1) is 25.1. The van der Waals surface area contributed by atoms with Gasteiger partial charge in [-0.05, 0) is 84.8 Å². The number of methoxy groups -OCH3 is 1. The van der Waals surface area contributed by atoms with E-state index >= 15 is 0 Å². The minimum atomic E-state index is -1.02. The van der Waals surface area contributed by atoms with Crippen molar-refractivity contribution in [3.05, 3.63) is 130 Å². The molecule has 0 saturated carbocycles. The minimum Gasteiger partial charge on any atom is -0.507 e. The molecule has 1 amide bonds. The molecule has 0 spiro atoms. The molecule has 1 aliphatic rings. The fourth-order valence-electron chi connectivity index (χ4n) is 5.71. The molecule has 1 unspecified atom stereocenters. The van der Waals surface area contributed by atoms with Crippen LogP contribution in [0.4, 0.5) is 5.13 Å². The largest absolute Gasteiger partial charge is 0.507 e. The molecule has 4 aromatic carbocycles. The molecule has 1 fully saturated rings. The van der Waals surface area contributed by atoms with Crippen LogP contribution >= 0.6 is 23.1 Å². The number of anilines is 1.